The Morgan fingerprint density at radius 1 is 1.31 bits per heavy atom. The Morgan fingerprint density at radius 3 is 2.31 bits per heavy atom. The van der Waals surface area contributed by atoms with Crippen molar-refractivity contribution in [3.8, 4) is 0 Å². The standard InChI is InChI=1S/C12H27N3O/c1-5-7-8-9-15(10(3)4)11(6-2)12(13)14-16/h10-11,16H,5-9H2,1-4H3,(H2,13,14). The maximum Gasteiger partial charge on any atom is 0.156 e. The normalized spacial score (nSPS) is 14.8. The molecule has 0 radical (unpaired) electrons. The van der Waals surface area contributed by atoms with Crippen molar-refractivity contribution < 1.29 is 5.21 Å². The topological polar surface area (TPSA) is 61.8 Å². The number of unbranched alkanes of at least 4 members (excludes halogenated alkanes) is 2. The third-order valence-corrected chi connectivity index (χ3v) is 2.93. The molecule has 0 amide bonds. The molecule has 4 nitrogen and oxygen atoms in total. The van der Waals surface area contributed by atoms with Crippen LogP contribution in [0.15, 0.2) is 5.16 Å². The van der Waals surface area contributed by atoms with Crippen molar-refractivity contribution >= 4 is 5.84 Å². The first kappa shape index (κ1) is 15.2. The number of hydrogen-bond donors (Lipinski definition) is 2. The summed E-state index contributed by atoms with van der Waals surface area (Å²) in [6, 6.07) is 0.476. The Labute approximate surface area is 99.5 Å². The van der Waals surface area contributed by atoms with Gasteiger partial charge in [0, 0.05) is 6.04 Å². The Bertz CT molecular complexity index is 204. The lowest BCUT2D eigenvalue weighted by atomic mass is 10.1. The number of amidine groups is 1. The van der Waals surface area contributed by atoms with Crippen molar-refractivity contribution in [1.82, 2.24) is 4.90 Å². The summed E-state index contributed by atoms with van der Waals surface area (Å²) in [6.45, 7) is 9.58. The highest BCUT2D eigenvalue weighted by molar-refractivity contribution is 5.85. The van der Waals surface area contributed by atoms with Crippen LogP contribution in [-0.2, 0) is 0 Å². The highest BCUT2D eigenvalue weighted by Gasteiger charge is 2.22. The molecule has 0 rings (SSSR count). The molecular weight excluding hydrogens is 202 g/mol. The number of nitrogens with two attached hydrogens (primary N) is 1. The molecule has 96 valence electrons. The van der Waals surface area contributed by atoms with E-state index in [0.29, 0.717) is 11.9 Å². The molecule has 0 aliphatic heterocycles. The lowest BCUT2D eigenvalue weighted by Gasteiger charge is -2.33. The van der Waals surface area contributed by atoms with Gasteiger partial charge in [-0.05, 0) is 33.2 Å². The molecule has 0 aromatic carbocycles. The van der Waals surface area contributed by atoms with E-state index in [0.717, 1.165) is 13.0 Å². The van der Waals surface area contributed by atoms with Gasteiger partial charge in [0.15, 0.2) is 5.84 Å². The van der Waals surface area contributed by atoms with Crippen LogP contribution < -0.4 is 5.73 Å². The molecule has 16 heavy (non-hydrogen) atoms. The van der Waals surface area contributed by atoms with Gasteiger partial charge >= 0.3 is 0 Å². The lowest BCUT2D eigenvalue weighted by Crippen LogP contribution is -2.48. The van der Waals surface area contributed by atoms with Crippen molar-refractivity contribution in [3.63, 3.8) is 0 Å². The first-order chi connectivity index (χ1) is 7.58. The predicted octanol–water partition coefficient (Wildman–Crippen LogP) is 2.41. The molecule has 3 N–H and O–H groups in total. The lowest BCUT2D eigenvalue weighted by molar-refractivity contribution is 0.180. The summed E-state index contributed by atoms with van der Waals surface area (Å²) >= 11 is 0. The highest BCUT2D eigenvalue weighted by atomic mass is 16.4. The van der Waals surface area contributed by atoms with E-state index in [2.05, 4.69) is 37.8 Å². The van der Waals surface area contributed by atoms with Gasteiger partial charge in [0.2, 0.25) is 0 Å². The van der Waals surface area contributed by atoms with Crippen LogP contribution in [0.25, 0.3) is 0 Å². The second kappa shape index (κ2) is 8.39. The van der Waals surface area contributed by atoms with E-state index in [1.807, 2.05) is 0 Å². The fourth-order valence-corrected chi connectivity index (χ4v) is 2.00. The fourth-order valence-electron chi connectivity index (χ4n) is 2.00. The van der Waals surface area contributed by atoms with Crippen LogP contribution in [0.3, 0.4) is 0 Å². The molecule has 0 spiro atoms. The first-order valence-corrected chi connectivity index (χ1v) is 6.31. The van der Waals surface area contributed by atoms with Gasteiger partial charge in [0.05, 0.1) is 6.04 Å². The van der Waals surface area contributed by atoms with Crippen LogP contribution in [0, 0.1) is 0 Å². The van der Waals surface area contributed by atoms with E-state index in [1.165, 1.54) is 19.3 Å². The molecule has 0 aromatic rings. The Hall–Kier alpha value is -0.770. The van der Waals surface area contributed by atoms with E-state index in [4.69, 9.17) is 10.9 Å². The van der Waals surface area contributed by atoms with Gasteiger partial charge in [-0.15, -0.1) is 0 Å². The molecule has 0 aliphatic rings. The number of hydrogen-bond acceptors (Lipinski definition) is 3. The summed E-state index contributed by atoms with van der Waals surface area (Å²) in [5, 5.41) is 11.9. The second-order valence-corrected chi connectivity index (χ2v) is 4.49. The predicted molar refractivity (Wildman–Crippen MR) is 68.9 cm³/mol. The smallest absolute Gasteiger partial charge is 0.156 e. The summed E-state index contributed by atoms with van der Waals surface area (Å²) in [6.07, 6.45) is 4.49. The first-order valence-electron chi connectivity index (χ1n) is 6.31. The Morgan fingerprint density at radius 2 is 1.94 bits per heavy atom. The van der Waals surface area contributed by atoms with Crippen molar-refractivity contribution in [3.05, 3.63) is 0 Å². The van der Waals surface area contributed by atoms with Crippen molar-refractivity contribution in [2.45, 2.75) is 65.5 Å². The molecule has 1 unspecified atom stereocenters. The highest BCUT2D eigenvalue weighted by Crippen LogP contribution is 2.11. The molecule has 0 saturated carbocycles. The van der Waals surface area contributed by atoms with Crippen LogP contribution in [-0.4, -0.2) is 34.6 Å². The van der Waals surface area contributed by atoms with Gasteiger partial charge in [0.1, 0.15) is 0 Å². The molecule has 0 heterocycles. The van der Waals surface area contributed by atoms with Crippen LogP contribution in [0.2, 0.25) is 0 Å². The largest absolute Gasteiger partial charge is 0.409 e. The monoisotopic (exact) mass is 229 g/mol. The fraction of sp³-hybridized carbons (Fsp3) is 0.917. The van der Waals surface area contributed by atoms with E-state index >= 15 is 0 Å². The van der Waals surface area contributed by atoms with Crippen LogP contribution in [0.4, 0.5) is 0 Å². The van der Waals surface area contributed by atoms with Crippen LogP contribution in [0.5, 0.6) is 0 Å². The molecule has 0 saturated heterocycles. The summed E-state index contributed by atoms with van der Waals surface area (Å²) in [4.78, 5) is 2.31. The molecule has 0 bridgehead atoms. The van der Waals surface area contributed by atoms with Gasteiger partial charge in [-0.1, -0.05) is 31.8 Å². The summed E-state index contributed by atoms with van der Waals surface area (Å²) in [5.74, 6) is 0.327. The number of nitrogens with zero attached hydrogens (tertiary/aromatic N) is 2. The average Bonchev–Trinajstić information content (AvgIpc) is 2.27. The third kappa shape index (κ3) is 4.84. The van der Waals surface area contributed by atoms with E-state index < -0.39 is 0 Å². The summed E-state index contributed by atoms with van der Waals surface area (Å²) in [5.41, 5.74) is 5.73. The van der Waals surface area contributed by atoms with Crippen LogP contribution >= 0.6 is 0 Å². The molecule has 4 heteroatoms. The van der Waals surface area contributed by atoms with Gasteiger partial charge in [-0.3, -0.25) is 4.90 Å². The minimum absolute atomic E-state index is 0.0573. The number of rotatable bonds is 8. The molecule has 0 fully saturated rings. The average molecular weight is 229 g/mol. The van der Waals surface area contributed by atoms with E-state index in [-0.39, 0.29) is 6.04 Å². The van der Waals surface area contributed by atoms with Crippen LogP contribution in [0.1, 0.15) is 53.4 Å². The summed E-state index contributed by atoms with van der Waals surface area (Å²) in [7, 11) is 0. The quantitative estimate of drug-likeness (QED) is 0.221. The van der Waals surface area contributed by atoms with Crippen molar-refractivity contribution in [2.75, 3.05) is 6.54 Å². The molecule has 0 aromatic heterocycles. The van der Waals surface area contributed by atoms with Gasteiger partial charge in [-0.2, -0.15) is 0 Å². The number of oxime groups is 1. The zero-order chi connectivity index (χ0) is 12.6. The van der Waals surface area contributed by atoms with E-state index in [1.54, 1.807) is 0 Å². The second-order valence-electron chi connectivity index (χ2n) is 4.49. The maximum atomic E-state index is 8.77. The van der Waals surface area contributed by atoms with Gasteiger partial charge in [-0.25, -0.2) is 0 Å². The van der Waals surface area contributed by atoms with Gasteiger partial charge in [0.25, 0.3) is 0 Å². The molecular formula is C12H27N3O. The molecule has 1 atom stereocenters. The third-order valence-electron chi connectivity index (χ3n) is 2.93. The van der Waals surface area contributed by atoms with Crippen molar-refractivity contribution in [1.29, 1.82) is 0 Å². The zero-order valence-electron chi connectivity index (χ0n) is 11.1. The van der Waals surface area contributed by atoms with Gasteiger partial charge < -0.3 is 10.9 Å². The minimum Gasteiger partial charge on any atom is -0.409 e. The molecule has 0 aliphatic carbocycles. The maximum absolute atomic E-state index is 8.77. The minimum atomic E-state index is 0.0573. The van der Waals surface area contributed by atoms with Crippen molar-refractivity contribution in [2.24, 2.45) is 10.9 Å². The van der Waals surface area contributed by atoms with E-state index in [9.17, 15) is 0 Å². The zero-order valence-corrected chi connectivity index (χ0v) is 11.1. The Kier molecular flexibility index (Phi) is 7.99. The SMILES string of the molecule is CCCCCN(C(C)C)C(CC)C(N)=NO. The Balaban J connectivity index is 4.47. The summed E-state index contributed by atoms with van der Waals surface area (Å²) < 4.78 is 0.